The van der Waals surface area contributed by atoms with Crippen molar-refractivity contribution in [2.75, 3.05) is 13.1 Å². The topological polar surface area (TPSA) is 29.5 Å². The van der Waals surface area contributed by atoms with Crippen LogP contribution in [-0.4, -0.2) is 24.1 Å². The third-order valence-corrected chi connectivity index (χ3v) is 4.66. The largest absolute Gasteiger partial charge is 0.415 e. The molecule has 3 nitrogen and oxygen atoms in total. The first-order chi connectivity index (χ1) is 12.0. The van der Waals surface area contributed by atoms with Crippen molar-refractivity contribution in [3.63, 3.8) is 0 Å². The second-order valence-corrected chi connectivity index (χ2v) is 6.75. The van der Waals surface area contributed by atoms with Gasteiger partial charge in [0.25, 0.3) is 0 Å². The zero-order valence-electron chi connectivity index (χ0n) is 14.6. The number of likely N-dealkylation sites (tertiary alicyclic amines) is 1. The van der Waals surface area contributed by atoms with Crippen molar-refractivity contribution in [3.05, 3.63) is 41.2 Å². The molecule has 0 saturated carbocycles. The van der Waals surface area contributed by atoms with E-state index in [1.54, 1.807) is 23.1 Å². The van der Waals surface area contributed by atoms with Crippen LogP contribution in [0.25, 0.3) is 10.8 Å². The molecule has 3 rings (SSSR count). The van der Waals surface area contributed by atoms with Crippen LogP contribution in [0, 0.1) is 18.2 Å². The lowest BCUT2D eigenvalue weighted by Crippen LogP contribution is -2.37. The van der Waals surface area contributed by atoms with E-state index in [2.05, 4.69) is 5.92 Å². The summed E-state index contributed by atoms with van der Waals surface area (Å²) in [7, 11) is 0. The number of ether oxygens (including phenoxy) is 1. The van der Waals surface area contributed by atoms with E-state index in [9.17, 15) is 9.18 Å². The number of terminal acetylenes is 1. The molecule has 1 aliphatic heterocycles. The van der Waals surface area contributed by atoms with Gasteiger partial charge in [0.1, 0.15) is 11.6 Å². The highest BCUT2D eigenvalue weighted by molar-refractivity contribution is 5.93. The highest BCUT2D eigenvalue weighted by atomic mass is 19.1. The van der Waals surface area contributed by atoms with Crippen molar-refractivity contribution in [3.8, 4) is 18.1 Å². The van der Waals surface area contributed by atoms with Gasteiger partial charge < -0.3 is 9.64 Å². The minimum atomic E-state index is -0.407. The fraction of sp³-hybridized carbons (Fsp3) is 0.381. The number of carbonyl (C=O) groups excluding carboxylic acids is 1. The molecule has 1 aliphatic rings. The van der Waals surface area contributed by atoms with E-state index in [-0.39, 0.29) is 17.6 Å². The van der Waals surface area contributed by atoms with E-state index in [1.807, 2.05) is 13.8 Å². The smallest absolute Gasteiger partial charge is 0.410 e. The van der Waals surface area contributed by atoms with Gasteiger partial charge in [-0.15, -0.1) is 6.42 Å². The van der Waals surface area contributed by atoms with E-state index in [0.717, 1.165) is 48.7 Å². The number of piperidine rings is 1. The fourth-order valence-corrected chi connectivity index (χ4v) is 3.34. The number of halogens is 1. The van der Waals surface area contributed by atoms with Crippen LogP contribution in [0.5, 0.6) is 5.75 Å². The van der Waals surface area contributed by atoms with Crippen LogP contribution in [0.4, 0.5) is 9.18 Å². The van der Waals surface area contributed by atoms with Gasteiger partial charge in [-0.05, 0) is 54.3 Å². The van der Waals surface area contributed by atoms with E-state index in [1.165, 1.54) is 6.07 Å². The SMILES string of the molecule is C#Cc1c(F)ccc2cc(OC(=O)N3CCCCC3)cc(C(C)C)c12. The summed E-state index contributed by atoms with van der Waals surface area (Å²) < 4.78 is 19.7. The first-order valence-electron chi connectivity index (χ1n) is 8.70. The summed E-state index contributed by atoms with van der Waals surface area (Å²) in [4.78, 5) is 14.1. The first kappa shape index (κ1) is 17.3. The molecule has 0 aromatic heterocycles. The molecule has 0 bridgehead atoms. The van der Waals surface area contributed by atoms with Gasteiger partial charge in [-0.25, -0.2) is 9.18 Å². The maximum Gasteiger partial charge on any atom is 0.415 e. The predicted molar refractivity (Wildman–Crippen MR) is 97.4 cm³/mol. The normalized spacial score (nSPS) is 14.6. The van der Waals surface area contributed by atoms with Crippen LogP contribution in [0.1, 0.15) is 50.2 Å². The number of benzene rings is 2. The molecule has 0 radical (unpaired) electrons. The molecule has 0 aliphatic carbocycles. The van der Waals surface area contributed by atoms with Gasteiger partial charge in [-0.3, -0.25) is 0 Å². The molecule has 2 aromatic rings. The van der Waals surface area contributed by atoms with Crippen LogP contribution in [0.3, 0.4) is 0 Å². The molecule has 1 fully saturated rings. The van der Waals surface area contributed by atoms with Gasteiger partial charge in [0.15, 0.2) is 0 Å². The minimum Gasteiger partial charge on any atom is -0.410 e. The summed E-state index contributed by atoms with van der Waals surface area (Å²) >= 11 is 0. The lowest BCUT2D eigenvalue weighted by Gasteiger charge is -2.26. The molecule has 2 aromatic carbocycles. The summed E-state index contributed by atoms with van der Waals surface area (Å²) in [5.41, 5.74) is 1.14. The van der Waals surface area contributed by atoms with Gasteiger partial charge in [-0.2, -0.15) is 0 Å². The van der Waals surface area contributed by atoms with E-state index in [4.69, 9.17) is 11.2 Å². The number of hydrogen-bond donors (Lipinski definition) is 0. The fourth-order valence-electron chi connectivity index (χ4n) is 3.34. The molecule has 0 unspecified atom stereocenters. The molecule has 1 saturated heterocycles. The number of nitrogens with zero attached hydrogens (tertiary/aromatic N) is 1. The summed E-state index contributed by atoms with van der Waals surface area (Å²) in [6, 6.07) is 6.59. The van der Waals surface area contributed by atoms with Gasteiger partial charge in [-0.1, -0.05) is 25.8 Å². The molecule has 1 heterocycles. The van der Waals surface area contributed by atoms with Crippen LogP contribution >= 0.6 is 0 Å². The monoisotopic (exact) mass is 339 g/mol. The Bertz CT molecular complexity index is 845. The summed E-state index contributed by atoms with van der Waals surface area (Å²) in [6.45, 7) is 5.48. The van der Waals surface area contributed by atoms with Gasteiger partial charge in [0.2, 0.25) is 0 Å². The highest BCUT2D eigenvalue weighted by Gasteiger charge is 2.20. The summed E-state index contributed by atoms with van der Waals surface area (Å²) in [6.07, 6.45) is 8.36. The van der Waals surface area contributed by atoms with Crippen molar-refractivity contribution in [2.24, 2.45) is 0 Å². The second-order valence-electron chi connectivity index (χ2n) is 6.75. The molecule has 0 atom stereocenters. The standard InChI is InChI=1S/C21H22FNO2/c1-4-17-19(22)9-8-15-12-16(13-18(14(2)3)20(15)17)25-21(24)23-10-6-5-7-11-23/h1,8-9,12-14H,5-7,10-11H2,2-3H3. The Kier molecular flexibility index (Phi) is 4.94. The third-order valence-electron chi connectivity index (χ3n) is 4.66. The summed E-state index contributed by atoms with van der Waals surface area (Å²) in [5, 5.41) is 1.50. The number of carbonyl (C=O) groups is 1. The van der Waals surface area contributed by atoms with Gasteiger partial charge >= 0.3 is 6.09 Å². The maximum absolute atomic E-state index is 14.1. The molecule has 25 heavy (non-hydrogen) atoms. The van der Waals surface area contributed by atoms with Crippen LogP contribution in [0.2, 0.25) is 0 Å². The van der Waals surface area contributed by atoms with Crippen LogP contribution in [-0.2, 0) is 0 Å². The quantitative estimate of drug-likeness (QED) is 0.715. The molecular weight excluding hydrogens is 317 g/mol. The van der Waals surface area contributed by atoms with Crippen LogP contribution < -0.4 is 4.74 Å². The predicted octanol–water partition coefficient (Wildman–Crippen LogP) is 5.07. The Morgan fingerprint density at radius 2 is 1.96 bits per heavy atom. The molecule has 0 spiro atoms. The third kappa shape index (κ3) is 3.46. The Labute approximate surface area is 147 Å². The van der Waals surface area contributed by atoms with E-state index >= 15 is 0 Å². The molecule has 4 heteroatoms. The van der Waals surface area contributed by atoms with Gasteiger partial charge in [0.05, 0.1) is 5.56 Å². The lowest BCUT2D eigenvalue weighted by molar-refractivity contribution is 0.142. The number of amides is 1. The maximum atomic E-state index is 14.1. The molecular formula is C21H22FNO2. The Hall–Kier alpha value is -2.54. The minimum absolute atomic E-state index is 0.116. The zero-order chi connectivity index (χ0) is 18.0. The van der Waals surface area contributed by atoms with Crippen molar-refractivity contribution in [1.82, 2.24) is 4.90 Å². The average molecular weight is 339 g/mol. The van der Waals surface area contributed by atoms with Crippen molar-refractivity contribution >= 4 is 16.9 Å². The lowest BCUT2D eigenvalue weighted by atomic mass is 9.92. The van der Waals surface area contributed by atoms with E-state index in [0.29, 0.717) is 5.75 Å². The van der Waals surface area contributed by atoms with Crippen molar-refractivity contribution < 1.29 is 13.9 Å². The zero-order valence-corrected chi connectivity index (χ0v) is 14.6. The number of fused-ring (bicyclic) bond motifs is 1. The summed E-state index contributed by atoms with van der Waals surface area (Å²) in [5.74, 6) is 2.64. The number of rotatable bonds is 2. The molecule has 0 N–H and O–H groups in total. The highest BCUT2D eigenvalue weighted by Crippen LogP contribution is 2.34. The Balaban J connectivity index is 2.01. The van der Waals surface area contributed by atoms with Crippen LogP contribution in [0.15, 0.2) is 24.3 Å². The molecule has 1 amide bonds. The van der Waals surface area contributed by atoms with Crippen molar-refractivity contribution in [2.45, 2.75) is 39.0 Å². The van der Waals surface area contributed by atoms with Crippen molar-refractivity contribution in [1.29, 1.82) is 0 Å². The molecule has 130 valence electrons. The second kappa shape index (κ2) is 7.14. The average Bonchev–Trinajstić information content (AvgIpc) is 2.62. The van der Waals surface area contributed by atoms with E-state index < -0.39 is 5.82 Å². The van der Waals surface area contributed by atoms with Gasteiger partial charge in [0, 0.05) is 18.5 Å². The Morgan fingerprint density at radius 1 is 1.24 bits per heavy atom. The Morgan fingerprint density at radius 3 is 2.60 bits per heavy atom. The first-order valence-corrected chi connectivity index (χ1v) is 8.70. The number of hydrogen-bond acceptors (Lipinski definition) is 2.